The molecule has 0 unspecified atom stereocenters. The second-order valence-electron chi connectivity index (χ2n) is 5.26. The van der Waals surface area contributed by atoms with E-state index in [0.717, 1.165) is 10.4 Å². The Hall–Kier alpha value is -2.39. The van der Waals surface area contributed by atoms with Gasteiger partial charge in [-0.15, -0.1) is 21.5 Å². The number of thiophene rings is 1. The van der Waals surface area contributed by atoms with Crippen LogP contribution in [0.4, 0.5) is 4.39 Å². The minimum atomic E-state index is -0.328. The van der Waals surface area contributed by atoms with Gasteiger partial charge >= 0.3 is 0 Å². The van der Waals surface area contributed by atoms with Gasteiger partial charge in [0.25, 0.3) is 0 Å². The summed E-state index contributed by atoms with van der Waals surface area (Å²) >= 11 is 2.74. The molecule has 1 amide bonds. The first-order chi connectivity index (χ1) is 12.0. The summed E-state index contributed by atoms with van der Waals surface area (Å²) in [7, 11) is 0. The Labute approximate surface area is 152 Å². The molecule has 2 heterocycles. The monoisotopic (exact) mass is 377 g/mol. The lowest BCUT2D eigenvalue weighted by molar-refractivity contribution is -0.119. The molecular weight excluding hydrogens is 361 g/mol. The van der Waals surface area contributed by atoms with Crippen LogP contribution >= 0.6 is 23.1 Å². The highest BCUT2D eigenvalue weighted by atomic mass is 32.2. The van der Waals surface area contributed by atoms with Gasteiger partial charge in [0.1, 0.15) is 11.6 Å². The predicted octanol–water partition coefficient (Wildman–Crippen LogP) is 2.50. The summed E-state index contributed by atoms with van der Waals surface area (Å²) in [5.41, 5.74) is 0.819. The topological polar surface area (TPSA) is 85.8 Å². The van der Waals surface area contributed by atoms with E-state index < -0.39 is 0 Å². The number of aryl methyl sites for hydroxylation is 1. The molecule has 6 nitrogen and oxygen atoms in total. The van der Waals surface area contributed by atoms with E-state index in [-0.39, 0.29) is 23.5 Å². The molecule has 2 aromatic heterocycles. The zero-order chi connectivity index (χ0) is 17.8. The molecule has 0 bridgehead atoms. The number of thioether (sulfide) groups is 1. The summed E-state index contributed by atoms with van der Waals surface area (Å²) < 4.78 is 14.5. The van der Waals surface area contributed by atoms with Crippen molar-refractivity contribution in [1.82, 2.24) is 20.2 Å². The van der Waals surface area contributed by atoms with Crippen LogP contribution in [0.1, 0.15) is 22.3 Å². The fraction of sp³-hybridized carbons (Fsp3) is 0.188. The van der Waals surface area contributed by atoms with E-state index in [4.69, 9.17) is 5.84 Å². The van der Waals surface area contributed by atoms with Crippen molar-refractivity contribution in [2.45, 2.75) is 18.1 Å². The number of hydrogen-bond donors (Lipinski definition) is 2. The Morgan fingerprint density at radius 1 is 1.36 bits per heavy atom. The molecule has 9 heteroatoms. The van der Waals surface area contributed by atoms with Gasteiger partial charge in [0.15, 0.2) is 0 Å². The number of nitrogen functional groups attached to an aromatic ring is 1. The number of carbonyl (C=O) groups is 1. The van der Waals surface area contributed by atoms with Crippen molar-refractivity contribution in [2.75, 3.05) is 11.6 Å². The number of benzene rings is 1. The predicted molar refractivity (Wildman–Crippen MR) is 96.3 cm³/mol. The van der Waals surface area contributed by atoms with Crippen LogP contribution in [0.2, 0.25) is 0 Å². The van der Waals surface area contributed by atoms with Gasteiger partial charge in [-0.25, -0.2) is 9.07 Å². The van der Waals surface area contributed by atoms with Gasteiger partial charge in [0.05, 0.1) is 11.8 Å². The van der Waals surface area contributed by atoms with Crippen molar-refractivity contribution in [3.05, 3.63) is 63.9 Å². The molecule has 3 rings (SSSR count). The second kappa shape index (κ2) is 7.66. The molecule has 0 saturated heterocycles. The Morgan fingerprint density at radius 2 is 2.12 bits per heavy atom. The summed E-state index contributed by atoms with van der Waals surface area (Å²) in [5, 5.41) is 13.2. The highest BCUT2D eigenvalue weighted by Crippen LogP contribution is 2.26. The third-order valence-electron chi connectivity index (χ3n) is 3.50. The Kier molecular flexibility index (Phi) is 5.34. The van der Waals surface area contributed by atoms with Crippen LogP contribution in [0.25, 0.3) is 0 Å². The van der Waals surface area contributed by atoms with Gasteiger partial charge < -0.3 is 11.2 Å². The summed E-state index contributed by atoms with van der Waals surface area (Å²) in [4.78, 5) is 13.4. The minimum absolute atomic E-state index is 0.151. The standard InChI is InChI=1S/C16H16FN5OS2/c1-10-20-21-16(22(10)18)25-9-14(23)19-15(13-3-2-8-24-13)11-4-6-12(17)7-5-11/h2-8,15H,9,18H2,1H3,(H,19,23)/t15-/m0/s1. The lowest BCUT2D eigenvalue weighted by Gasteiger charge is -2.18. The summed E-state index contributed by atoms with van der Waals surface area (Å²) in [5.74, 6) is 6.02. The van der Waals surface area contributed by atoms with Crippen molar-refractivity contribution in [1.29, 1.82) is 0 Å². The number of nitrogens with one attached hydrogen (secondary N) is 1. The molecule has 0 radical (unpaired) electrons. The fourth-order valence-corrected chi connectivity index (χ4v) is 3.73. The van der Waals surface area contributed by atoms with E-state index in [1.807, 2.05) is 17.5 Å². The summed E-state index contributed by atoms with van der Waals surface area (Å²) in [6.07, 6.45) is 0. The molecule has 0 spiro atoms. The minimum Gasteiger partial charge on any atom is -0.344 e. The Bertz CT molecular complexity index is 848. The maximum Gasteiger partial charge on any atom is 0.231 e. The fourth-order valence-electron chi connectivity index (χ4n) is 2.21. The normalized spacial score (nSPS) is 12.1. The number of amides is 1. The molecule has 25 heavy (non-hydrogen) atoms. The summed E-state index contributed by atoms with van der Waals surface area (Å²) in [6, 6.07) is 9.64. The number of nitrogens with two attached hydrogens (primary N) is 1. The van der Waals surface area contributed by atoms with Gasteiger partial charge in [-0.3, -0.25) is 4.79 Å². The highest BCUT2D eigenvalue weighted by Gasteiger charge is 2.19. The molecule has 0 aliphatic heterocycles. The largest absolute Gasteiger partial charge is 0.344 e. The smallest absolute Gasteiger partial charge is 0.231 e. The molecule has 0 saturated carbocycles. The summed E-state index contributed by atoms with van der Waals surface area (Å²) in [6.45, 7) is 1.73. The van der Waals surface area contributed by atoms with Gasteiger partial charge in [0.2, 0.25) is 11.1 Å². The van der Waals surface area contributed by atoms with E-state index in [0.29, 0.717) is 11.0 Å². The van der Waals surface area contributed by atoms with Crippen LogP contribution in [0.3, 0.4) is 0 Å². The molecule has 0 fully saturated rings. The highest BCUT2D eigenvalue weighted by molar-refractivity contribution is 7.99. The number of carbonyl (C=O) groups excluding carboxylic acids is 1. The molecule has 1 aromatic carbocycles. The first-order valence-electron chi connectivity index (χ1n) is 7.42. The maximum absolute atomic E-state index is 13.2. The van der Waals surface area contributed by atoms with Gasteiger partial charge in [-0.2, -0.15) is 0 Å². The van der Waals surface area contributed by atoms with Gasteiger partial charge in [-0.1, -0.05) is 30.0 Å². The van der Waals surface area contributed by atoms with Crippen LogP contribution in [-0.4, -0.2) is 26.5 Å². The molecular formula is C16H16FN5OS2. The lowest BCUT2D eigenvalue weighted by Crippen LogP contribution is -2.30. The second-order valence-corrected chi connectivity index (χ2v) is 7.18. The van der Waals surface area contributed by atoms with Crippen LogP contribution in [-0.2, 0) is 4.79 Å². The van der Waals surface area contributed by atoms with Crippen LogP contribution in [0, 0.1) is 12.7 Å². The van der Waals surface area contributed by atoms with E-state index >= 15 is 0 Å². The van der Waals surface area contributed by atoms with Crippen molar-refractivity contribution >= 4 is 29.0 Å². The van der Waals surface area contributed by atoms with E-state index in [1.165, 1.54) is 39.9 Å². The van der Waals surface area contributed by atoms with Gasteiger partial charge in [-0.05, 0) is 36.1 Å². The average Bonchev–Trinajstić information content (AvgIpc) is 3.24. The van der Waals surface area contributed by atoms with E-state index in [1.54, 1.807) is 19.1 Å². The van der Waals surface area contributed by atoms with Crippen molar-refractivity contribution in [3.63, 3.8) is 0 Å². The molecule has 1 atom stereocenters. The molecule has 0 aliphatic rings. The van der Waals surface area contributed by atoms with Crippen LogP contribution in [0.5, 0.6) is 0 Å². The molecule has 130 valence electrons. The van der Waals surface area contributed by atoms with E-state index in [2.05, 4.69) is 15.5 Å². The number of aromatic nitrogens is 3. The molecule has 3 N–H and O–H groups in total. The Morgan fingerprint density at radius 3 is 2.72 bits per heavy atom. The van der Waals surface area contributed by atoms with Crippen molar-refractivity contribution in [2.24, 2.45) is 0 Å². The third-order valence-corrected chi connectivity index (χ3v) is 5.38. The van der Waals surface area contributed by atoms with Crippen LogP contribution < -0.4 is 11.2 Å². The van der Waals surface area contributed by atoms with Crippen molar-refractivity contribution < 1.29 is 9.18 Å². The quantitative estimate of drug-likeness (QED) is 0.509. The average molecular weight is 377 g/mol. The SMILES string of the molecule is Cc1nnc(SCC(=O)N[C@@H](c2ccc(F)cc2)c2cccs2)n1N. The number of nitrogens with zero attached hydrogens (tertiary/aromatic N) is 3. The number of rotatable bonds is 6. The van der Waals surface area contributed by atoms with Crippen LogP contribution in [0.15, 0.2) is 46.9 Å². The number of hydrogen-bond acceptors (Lipinski definition) is 6. The van der Waals surface area contributed by atoms with Gasteiger partial charge in [0, 0.05) is 4.88 Å². The third kappa shape index (κ3) is 4.18. The first-order valence-corrected chi connectivity index (χ1v) is 9.29. The van der Waals surface area contributed by atoms with Crippen molar-refractivity contribution in [3.8, 4) is 0 Å². The first kappa shape index (κ1) is 17.4. The lowest BCUT2D eigenvalue weighted by atomic mass is 10.1. The maximum atomic E-state index is 13.2. The molecule has 0 aliphatic carbocycles. The zero-order valence-corrected chi connectivity index (χ0v) is 15.0. The Balaban J connectivity index is 1.70. The number of halogens is 1. The zero-order valence-electron chi connectivity index (χ0n) is 13.3. The molecule has 3 aromatic rings. The van der Waals surface area contributed by atoms with E-state index in [9.17, 15) is 9.18 Å².